The number of amides is 1. The fourth-order valence-electron chi connectivity index (χ4n) is 1.79. The molecule has 3 N–H and O–H groups in total. The summed E-state index contributed by atoms with van der Waals surface area (Å²) in [6.45, 7) is 3.14. The zero-order chi connectivity index (χ0) is 14.3. The smallest absolute Gasteiger partial charge is 0.251 e. The van der Waals surface area contributed by atoms with Crippen molar-refractivity contribution in [1.82, 2.24) is 5.32 Å². The first-order chi connectivity index (χ1) is 9.13. The van der Waals surface area contributed by atoms with Gasteiger partial charge >= 0.3 is 0 Å². The number of aryl methyl sites for hydroxylation is 1. The van der Waals surface area contributed by atoms with E-state index in [0.717, 1.165) is 18.4 Å². The Kier molecular flexibility index (Phi) is 8.76. The Hall–Kier alpha value is -1.46. The van der Waals surface area contributed by atoms with E-state index >= 15 is 0 Å². The van der Waals surface area contributed by atoms with E-state index in [9.17, 15) is 4.79 Å². The zero-order valence-corrected chi connectivity index (χ0v) is 13.0. The number of hydrogen-bond donors (Lipinski definition) is 2. The summed E-state index contributed by atoms with van der Waals surface area (Å²) >= 11 is 0. The molecule has 0 saturated heterocycles. The summed E-state index contributed by atoms with van der Waals surface area (Å²) in [6.07, 6.45) is 1.79. The number of carbonyl (C=O) groups is 1. The number of ether oxygens (including phenoxy) is 2. The minimum absolute atomic E-state index is 0. The first-order valence-corrected chi connectivity index (χ1v) is 6.35. The number of methoxy groups -OCH3 is 2. The van der Waals surface area contributed by atoms with Crippen LogP contribution < -0.4 is 20.5 Å². The van der Waals surface area contributed by atoms with Gasteiger partial charge in [-0.2, -0.15) is 0 Å². The first-order valence-electron chi connectivity index (χ1n) is 6.35. The first kappa shape index (κ1) is 18.5. The fourth-order valence-corrected chi connectivity index (χ4v) is 1.79. The minimum Gasteiger partial charge on any atom is -0.493 e. The average molecular weight is 303 g/mol. The SMILES string of the molecule is COc1cc(C)c(C(=O)NCCCCN)cc1OC.Cl. The van der Waals surface area contributed by atoms with E-state index in [2.05, 4.69) is 5.32 Å². The molecule has 0 radical (unpaired) electrons. The number of nitrogens with one attached hydrogen (secondary N) is 1. The van der Waals surface area contributed by atoms with E-state index in [1.54, 1.807) is 26.4 Å². The van der Waals surface area contributed by atoms with Gasteiger partial charge in [0, 0.05) is 12.1 Å². The van der Waals surface area contributed by atoms with E-state index in [1.807, 2.05) is 6.92 Å². The summed E-state index contributed by atoms with van der Waals surface area (Å²) in [5.41, 5.74) is 6.87. The lowest BCUT2D eigenvalue weighted by Crippen LogP contribution is -2.25. The molecule has 0 unspecified atom stereocenters. The van der Waals surface area contributed by atoms with E-state index in [1.165, 1.54) is 0 Å². The van der Waals surface area contributed by atoms with E-state index < -0.39 is 0 Å². The Morgan fingerprint density at radius 2 is 1.80 bits per heavy atom. The van der Waals surface area contributed by atoms with Gasteiger partial charge in [-0.3, -0.25) is 4.79 Å². The predicted octanol–water partition coefficient (Wildman–Crippen LogP) is 1.90. The molecule has 5 nitrogen and oxygen atoms in total. The second kappa shape index (κ2) is 9.44. The Balaban J connectivity index is 0.00000361. The van der Waals surface area contributed by atoms with Crippen LogP contribution in [0, 0.1) is 6.92 Å². The number of hydrogen-bond acceptors (Lipinski definition) is 4. The fraction of sp³-hybridized carbons (Fsp3) is 0.500. The molecule has 20 heavy (non-hydrogen) atoms. The van der Waals surface area contributed by atoms with Gasteiger partial charge in [-0.1, -0.05) is 0 Å². The highest BCUT2D eigenvalue weighted by molar-refractivity contribution is 5.96. The van der Waals surface area contributed by atoms with Crippen LogP contribution in [0.1, 0.15) is 28.8 Å². The van der Waals surface area contributed by atoms with Crippen molar-refractivity contribution in [3.8, 4) is 11.5 Å². The van der Waals surface area contributed by atoms with E-state index in [-0.39, 0.29) is 18.3 Å². The molecule has 0 aromatic heterocycles. The van der Waals surface area contributed by atoms with Crippen LogP contribution in [0.4, 0.5) is 0 Å². The van der Waals surface area contributed by atoms with Gasteiger partial charge in [0.2, 0.25) is 0 Å². The molecule has 0 spiro atoms. The number of benzene rings is 1. The molecule has 0 fully saturated rings. The van der Waals surface area contributed by atoms with Gasteiger partial charge in [-0.05, 0) is 44.0 Å². The molecule has 0 heterocycles. The third kappa shape index (κ3) is 4.90. The molecule has 0 aliphatic carbocycles. The predicted molar refractivity (Wildman–Crippen MR) is 82.2 cm³/mol. The number of nitrogens with two attached hydrogens (primary N) is 1. The van der Waals surface area contributed by atoms with E-state index in [0.29, 0.717) is 30.2 Å². The quantitative estimate of drug-likeness (QED) is 0.755. The standard InChI is InChI=1S/C14H22N2O3.ClH/c1-10-8-12(18-2)13(19-3)9-11(10)14(17)16-7-5-4-6-15;/h8-9H,4-7,15H2,1-3H3,(H,16,17);1H. The third-order valence-corrected chi connectivity index (χ3v) is 2.89. The van der Waals surface area contributed by atoms with Crippen molar-refractivity contribution in [2.75, 3.05) is 27.3 Å². The topological polar surface area (TPSA) is 73.6 Å². The summed E-state index contributed by atoms with van der Waals surface area (Å²) in [6, 6.07) is 3.50. The Morgan fingerprint density at radius 3 is 2.35 bits per heavy atom. The van der Waals surface area contributed by atoms with Crippen LogP contribution in [0.5, 0.6) is 11.5 Å². The van der Waals surface area contributed by atoms with Crippen LogP contribution >= 0.6 is 12.4 Å². The van der Waals surface area contributed by atoms with Gasteiger partial charge in [0.05, 0.1) is 14.2 Å². The van der Waals surface area contributed by atoms with Crippen molar-refractivity contribution in [2.24, 2.45) is 5.73 Å². The summed E-state index contributed by atoms with van der Waals surface area (Å²) in [4.78, 5) is 12.1. The van der Waals surface area contributed by atoms with Gasteiger partial charge in [0.25, 0.3) is 5.91 Å². The number of rotatable bonds is 7. The molecule has 1 rings (SSSR count). The van der Waals surface area contributed by atoms with Gasteiger partial charge in [0.15, 0.2) is 11.5 Å². The third-order valence-electron chi connectivity index (χ3n) is 2.89. The monoisotopic (exact) mass is 302 g/mol. The Bertz CT molecular complexity index is 439. The summed E-state index contributed by atoms with van der Waals surface area (Å²) in [7, 11) is 3.12. The van der Waals surface area contributed by atoms with Crippen molar-refractivity contribution in [2.45, 2.75) is 19.8 Å². The van der Waals surface area contributed by atoms with E-state index in [4.69, 9.17) is 15.2 Å². The lowest BCUT2D eigenvalue weighted by molar-refractivity contribution is 0.0952. The number of halogens is 1. The average Bonchev–Trinajstić information content (AvgIpc) is 2.42. The Morgan fingerprint density at radius 1 is 1.20 bits per heavy atom. The van der Waals surface area contributed by atoms with Crippen molar-refractivity contribution in [3.05, 3.63) is 23.3 Å². The minimum atomic E-state index is -0.101. The highest BCUT2D eigenvalue weighted by Gasteiger charge is 2.13. The molecular weight excluding hydrogens is 280 g/mol. The molecular formula is C14H23ClN2O3. The molecule has 0 saturated carbocycles. The number of unbranched alkanes of at least 4 members (excludes halogenated alkanes) is 1. The second-order valence-electron chi connectivity index (χ2n) is 4.27. The van der Waals surface area contributed by atoms with Gasteiger partial charge < -0.3 is 20.5 Å². The highest BCUT2D eigenvalue weighted by Crippen LogP contribution is 2.30. The molecule has 0 aliphatic heterocycles. The molecule has 6 heteroatoms. The highest BCUT2D eigenvalue weighted by atomic mass is 35.5. The summed E-state index contributed by atoms with van der Waals surface area (Å²) in [5, 5.41) is 2.87. The normalized spacial score (nSPS) is 9.60. The van der Waals surface area contributed by atoms with Crippen LogP contribution in [0.2, 0.25) is 0 Å². The van der Waals surface area contributed by atoms with Gasteiger partial charge in [-0.15, -0.1) is 12.4 Å². The maximum Gasteiger partial charge on any atom is 0.251 e. The molecule has 114 valence electrons. The number of carbonyl (C=O) groups excluding carboxylic acids is 1. The summed E-state index contributed by atoms with van der Waals surface area (Å²) < 4.78 is 10.4. The van der Waals surface area contributed by atoms with Crippen molar-refractivity contribution in [3.63, 3.8) is 0 Å². The molecule has 0 atom stereocenters. The molecule has 1 amide bonds. The molecule has 1 aromatic carbocycles. The van der Waals surface area contributed by atoms with Crippen molar-refractivity contribution >= 4 is 18.3 Å². The van der Waals surface area contributed by atoms with Crippen molar-refractivity contribution < 1.29 is 14.3 Å². The van der Waals surface area contributed by atoms with Crippen molar-refractivity contribution in [1.29, 1.82) is 0 Å². The van der Waals surface area contributed by atoms with Gasteiger partial charge in [-0.25, -0.2) is 0 Å². The van der Waals surface area contributed by atoms with Crippen LogP contribution in [-0.4, -0.2) is 33.2 Å². The molecule has 0 aliphatic rings. The van der Waals surface area contributed by atoms with Crippen LogP contribution in [-0.2, 0) is 0 Å². The zero-order valence-electron chi connectivity index (χ0n) is 12.2. The molecule has 0 bridgehead atoms. The molecule has 1 aromatic rings. The van der Waals surface area contributed by atoms with Crippen LogP contribution in [0.3, 0.4) is 0 Å². The lowest BCUT2D eigenvalue weighted by Gasteiger charge is -2.12. The largest absolute Gasteiger partial charge is 0.493 e. The maximum atomic E-state index is 12.1. The maximum absolute atomic E-state index is 12.1. The van der Waals surface area contributed by atoms with Gasteiger partial charge in [0.1, 0.15) is 0 Å². The van der Waals surface area contributed by atoms with Crippen LogP contribution in [0.25, 0.3) is 0 Å². The second-order valence-corrected chi connectivity index (χ2v) is 4.27. The summed E-state index contributed by atoms with van der Waals surface area (Å²) in [5.74, 6) is 1.08. The lowest BCUT2D eigenvalue weighted by atomic mass is 10.1. The Labute approximate surface area is 126 Å². The van der Waals surface area contributed by atoms with Crippen LogP contribution in [0.15, 0.2) is 12.1 Å².